The summed E-state index contributed by atoms with van der Waals surface area (Å²) in [6.07, 6.45) is 0.753. The van der Waals surface area contributed by atoms with Gasteiger partial charge < -0.3 is 10.1 Å². The molecule has 0 bridgehead atoms. The van der Waals surface area contributed by atoms with E-state index in [0.29, 0.717) is 29.2 Å². The molecule has 0 aliphatic carbocycles. The summed E-state index contributed by atoms with van der Waals surface area (Å²) in [5.74, 6) is -1.62. The number of ether oxygens (including phenoxy) is 1. The molecule has 0 aromatic heterocycles. The first-order chi connectivity index (χ1) is 17.3. The van der Waals surface area contributed by atoms with Crippen molar-refractivity contribution >= 4 is 40.9 Å². The lowest BCUT2D eigenvalue weighted by molar-refractivity contribution is -0.121. The van der Waals surface area contributed by atoms with Crippen LogP contribution in [0.1, 0.15) is 38.3 Å². The van der Waals surface area contributed by atoms with E-state index in [2.05, 4.69) is 5.32 Å². The molecule has 3 aromatic rings. The molecule has 0 saturated carbocycles. The summed E-state index contributed by atoms with van der Waals surface area (Å²) in [6, 6.07) is 19.8. The third kappa shape index (κ3) is 6.05. The molecular weight excluding hydrogens is 480 g/mol. The van der Waals surface area contributed by atoms with Crippen molar-refractivity contribution in [3.8, 4) is 0 Å². The maximum atomic E-state index is 12.9. The summed E-state index contributed by atoms with van der Waals surface area (Å²) in [7, 11) is 0. The number of nitrogens with one attached hydrogen (secondary N) is 1. The number of esters is 1. The molecule has 1 atom stereocenters. The van der Waals surface area contributed by atoms with Crippen molar-refractivity contribution in [3.05, 3.63) is 100 Å². The highest BCUT2D eigenvalue weighted by Gasteiger charge is 2.39. The van der Waals surface area contributed by atoms with Crippen LogP contribution in [0, 0.1) is 6.92 Å². The molecule has 8 heteroatoms. The molecule has 1 N–H and O–H groups in total. The molecular formula is C28H25ClN2O5. The van der Waals surface area contributed by atoms with E-state index in [9.17, 15) is 19.2 Å². The lowest BCUT2D eigenvalue weighted by Crippen LogP contribution is -2.39. The first kappa shape index (κ1) is 25.3. The van der Waals surface area contributed by atoms with Gasteiger partial charge in [0, 0.05) is 10.6 Å². The molecule has 1 unspecified atom stereocenters. The van der Waals surface area contributed by atoms with Crippen molar-refractivity contribution in [2.24, 2.45) is 0 Å². The van der Waals surface area contributed by atoms with Gasteiger partial charge in [0.1, 0.15) is 0 Å². The third-order valence-corrected chi connectivity index (χ3v) is 6.19. The average Bonchev–Trinajstić information content (AvgIpc) is 3.16. The number of rotatable bonds is 9. The molecule has 184 valence electrons. The largest absolute Gasteiger partial charge is 0.454 e. The summed E-state index contributed by atoms with van der Waals surface area (Å²) in [5, 5.41) is 3.81. The Morgan fingerprint density at radius 3 is 2.25 bits per heavy atom. The fraction of sp³-hybridized carbons (Fsp3) is 0.214. The maximum absolute atomic E-state index is 12.9. The van der Waals surface area contributed by atoms with Crippen molar-refractivity contribution < 1.29 is 23.9 Å². The van der Waals surface area contributed by atoms with E-state index in [1.807, 2.05) is 43.3 Å². The van der Waals surface area contributed by atoms with E-state index < -0.39 is 12.0 Å². The Labute approximate surface area is 214 Å². The topological polar surface area (TPSA) is 92.8 Å². The maximum Gasteiger partial charge on any atom is 0.338 e. The van der Waals surface area contributed by atoms with Crippen molar-refractivity contribution in [2.45, 2.75) is 25.8 Å². The number of amides is 2. The molecule has 7 nitrogen and oxygen atoms in total. The summed E-state index contributed by atoms with van der Waals surface area (Å²) in [4.78, 5) is 51.1. The minimum atomic E-state index is -0.664. The van der Waals surface area contributed by atoms with Crippen LogP contribution in [-0.2, 0) is 20.7 Å². The number of imide groups is 1. The first-order valence-electron chi connectivity index (χ1n) is 11.5. The smallest absolute Gasteiger partial charge is 0.338 e. The van der Waals surface area contributed by atoms with Gasteiger partial charge in [0.05, 0.1) is 23.7 Å². The van der Waals surface area contributed by atoms with Gasteiger partial charge in [0.15, 0.2) is 12.4 Å². The van der Waals surface area contributed by atoms with Crippen molar-refractivity contribution in [1.82, 2.24) is 5.32 Å². The average molecular weight is 505 g/mol. The van der Waals surface area contributed by atoms with Crippen LogP contribution < -0.4 is 10.2 Å². The molecule has 4 rings (SSSR count). The van der Waals surface area contributed by atoms with Crippen LogP contribution in [0.4, 0.5) is 5.69 Å². The van der Waals surface area contributed by atoms with Gasteiger partial charge in [-0.25, -0.2) is 9.69 Å². The molecule has 3 aromatic carbocycles. The Morgan fingerprint density at radius 1 is 0.944 bits per heavy atom. The minimum Gasteiger partial charge on any atom is -0.454 e. The predicted molar refractivity (Wildman–Crippen MR) is 136 cm³/mol. The zero-order chi connectivity index (χ0) is 25.7. The van der Waals surface area contributed by atoms with Crippen molar-refractivity contribution in [2.75, 3.05) is 18.1 Å². The van der Waals surface area contributed by atoms with E-state index in [0.717, 1.165) is 16.0 Å². The second kappa shape index (κ2) is 11.3. The molecule has 1 fully saturated rings. The van der Waals surface area contributed by atoms with Gasteiger partial charge in [0.25, 0.3) is 5.91 Å². The molecule has 0 radical (unpaired) electrons. The molecule has 1 aliphatic heterocycles. The standard InChI is InChI=1S/C28H25ClN2O5/c1-18-2-6-20(7-3-18)25(32)17-36-28(35)21-8-12-23(13-9-21)31-26(33)16-24(27(31)34)30-15-14-19-4-10-22(29)11-5-19/h2-13,24,30H,14-17H2,1H3. The fourth-order valence-electron chi connectivity index (χ4n) is 3.89. The SMILES string of the molecule is Cc1ccc(C(=O)COC(=O)c2ccc(N3C(=O)CC(NCCc4ccc(Cl)cc4)C3=O)cc2)cc1. The Hall–Kier alpha value is -3.81. The van der Waals surface area contributed by atoms with Gasteiger partial charge in [0.2, 0.25) is 5.91 Å². The normalized spacial score (nSPS) is 15.3. The third-order valence-electron chi connectivity index (χ3n) is 5.93. The number of hydrogen-bond acceptors (Lipinski definition) is 6. The minimum absolute atomic E-state index is 0.0599. The van der Waals surface area contributed by atoms with Gasteiger partial charge in [-0.2, -0.15) is 0 Å². The zero-order valence-electron chi connectivity index (χ0n) is 19.7. The van der Waals surface area contributed by atoms with Gasteiger partial charge in [-0.05, 0) is 61.9 Å². The van der Waals surface area contributed by atoms with E-state index in [1.165, 1.54) is 24.3 Å². The zero-order valence-corrected chi connectivity index (χ0v) is 20.5. The number of carbonyl (C=O) groups is 4. The van der Waals surface area contributed by atoms with Gasteiger partial charge >= 0.3 is 5.97 Å². The van der Waals surface area contributed by atoms with Crippen LogP contribution in [0.5, 0.6) is 0 Å². The number of hydrogen-bond donors (Lipinski definition) is 1. The van der Waals surface area contributed by atoms with Crippen LogP contribution in [0.3, 0.4) is 0 Å². The highest BCUT2D eigenvalue weighted by Crippen LogP contribution is 2.24. The van der Waals surface area contributed by atoms with Crippen LogP contribution in [0.25, 0.3) is 0 Å². The van der Waals surface area contributed by atoms with Crippen LogP contribution >= 0.6 is 11.6 Å². The van der Waals surface area contributed by atoms with Crippen LogP contribution in [-0.4, -0.2) is 42.8 Å². The highest BCUT2D eigenvalue weighted by atomic mass is 35.5. The van der Waals surface area contributed by atoms with E-state index >= 15 is 0 Å². The monoisotopic (exact) mass is 504 g/mol. The lowest BCUT2D eigenvalue weighted by atomic mass is 10.1. The Morgan fingerprint density at radius 2 is 1.58 bits per heavy atom. The fourth-order valence-corrected chi connectivity index (χ4v) is 4.01. The van der Waals surface area contributed by atoms with Gasteiger partial charge in [-0.1, -0.05) is 53.6 Å². The Bertz CT molecular complexity index is 1270. The van der Waals surface area contributed by atoms with Crippen LogP contribution in [0.15, 0.2) is 72.8 Å². The molecule has 0 spiro atoms. The summed E-state index contributed by atoms with van der Waals surface area (Å²) in [6.45, 7) is 2.07. The van der Waals surface area contributed by atoms with E-state index in [4.69, 9.17) is 16.3 Å². The summed E-state index contributed by atoms with van der Waals surface area (Å²) in [5.41, 5.74) is 3.15. The number of halogens is 1. The van der Waals surface area contributed by atoms with E-state index in [-0.39, 0.29) is 36.2 Å². The second-order valence-corrected chi connectivity index (χ2v) is 9.00. The Kier molecular flexibility index (Phi) is 7.93. The lowest BCUT2D eigenvalue weighted by Gasteiger charge is -2.16. The number of carbonyl (C=O) groups excluding carboxylic acids is 4. The molecule has 1 heterocycles. The number of aryl methyl sites for hydroxylation is 1. The van der Waals surface area contributed by atoms with Crippen molar-refractivity contribution in [3.63, 3.8) is 0 Å². The number of benzene rings is 3. The molecule has 36 heavy (non-hydrogen) atoms. The number of Topliss-reactive ketones (excluding diaryl/α,β-unsaturated/α-hetero) is 1. The van der Waals surface area contributed by atoms with Gasteiger partial charge in [-0.15, -0.1) is 0 Å². The molecule has 1 saturated heterocycles. The number of anilines is 1. The summed E-state index contributed by atoms with van der Waals surface area (Å²) < 4.78 is 5.13. The Balaban J connectivity index is 1.30. The second-order valence-electron chi connectivity index (χ2n) is 8.57. The predicted octanol–water partition coefficient (Wildman–Crippen LogP) is 4.15. The number of ketones is 1. The quantitative estimate of drug-likeness (QED) is 0.267. The molecule has 1 aliphatic rings. The van der Waals surface area contributed by atoms with E-state index in [1.54, 1.807) is 12.1 Å². The first-order valence-corrected chi connectivity index (χ1v) is 11.9. The van der Waals surface area contributed by atoms with Gasteiger partial charge in [-0.3, -0.25) is 14.4 Å². The number of nitrogens with zero attached hydrogens (tertiary/aromatic N) is 1. The van der Waals surface area contributed by atoms with Crippen LogP contribution in [0.2, 0.25) is 5.02 Å². The summed E-state index contributed by atoms with van der Waals surface area (Å²) >= 11 is 5.90. The highest BCUT2D eigenvalue weighted by molar-refractivity contribution is 6.30. The molecule has 2 amide bonds. The van der Waals surface area contributed by atoms with Crippen molar-refractivity contribution in [1.29, 1.82) is 0 Å².